The van der Waals surface area contributed by atoms with E-state index in [4.69, 9.17) is 19.2 Å². The first kappa shape index (κ1) is 53.8. The van der Waals surface area contributed by atoms with E-state index in [1.807, 2.05) is 6.20 Å². The number of carbonyl (C=O) groups is 4. The molecule has 0 unspecified atom stereocenters. The number of nitrogens with one attached hydrogen (secondary N) is 3. The largest absolute Gasteiger partial charge is 0.464 e. The summed E-state index contributed by atoms with van der Waals surface area (Å²) in [5, 5.41) is 9.45. The van der Waals surface area contributed by atoms with Crippen LogP contribution in [0.1, 0.15) is 117 Å². The summed E-state index contributed by atoms with van der Waals surface area (Å²) >= 11 is 0. The summed E-state index contributed by atoms with van der Waals surface area (Å²) in [5.74, 6) is 0.00111. The van der Waals surface area contributed by atoms with E-state index >= 15 is 4.79 Å². The molecule has 18 nitrogen and oxygen atoms in total. The van der Waals surface area contributed by atoms with E-state index < -0.39 is 29.5 Å². The monoisotopic (exact) mass is 1070 g/mol. The maximum Gasteiger partial charge on any atom is 0.324 e. The minimum absolute atomic E-state index is 0.0326. The predicted molar refractivity (Wildman–Crippen MR) is 300 cm³/mol. The maximum atomic E-state index is 15.0. The van der Waals surface area contributed by atoms with Crippen LogP contribution in [0.4, 0.5) is 11.4 Å². The number of ether oxygens (including phenoxy) is 3. The Kier molecular flexibility index (Phi) is 14.9. The molecule has 7 aliphatic heterocycles. The zero-order valence-electron chi connectivity index (χ0n) is 47.6. The van der Waals surface area contributed by atoms with Gasteiger partial charge < -0.3 is 38.8 Å². The van der Waals surface area contributed by atoms with Crippen LogP contribution in [0, 0.1) is 22.7 Å². The topological polar surface area (TPSA) is 179 Å². The Morgan fingerprint density at radius 2 is 1.72 bits per heavy atom. The minimum Gasteiger partial charge on any atom is -0.464 e. The molecule has 9 heterocycles. The number of piperazine rings is 1. The summed E-state index contributed by atoms with van der Waals surface area (Å²) in [6.45, 7) is 22.7. The number of hydrogen-bond donors (Lipinski definition) is 3. The first-order chi connectivity index (χ1) is 37.6. The molecule has 8 fully saturated rings. The van der Waals surface area contributed by atoms with Gasteiger partial charge in [0.05, 0.1) is 54.7 Å². The number of aryl methyl sites for hydroxylation is 1. The molecule has 6 bridgehead atoms. The quantitative estimate of drug-likeness (QED) is 0.161. The normalized spacial score (nSPS) is 30.0. The molecule has 8 atom stereocenters. The number of nitrogens with zero attached hydrogens (tertiary/aromatic N) is 8. The number of fused-ring (bicyclic) bond motifs is 6. The van der Waals surface area contributed by atoms with Gasteiger partial charge in [-0.15, -0.1) is 0 Å². The number of benzene rings is 1. The number of carbonyl (C=O) groups excluding carboxylic acids is 4. The van der Waals surface area contributed by atoms with Crippen LogP contribution >= 0.6 is 0 Å². The summed E-state index contributed by atoms with van der Waals surface area (Å²) in [4.78, 5) is 74.9. The highest BCUT2D eigenvalue weighted by Gasteiger charge is 2.55. The summed E-state index contributed by atoms with van der Waals surface area (Å²) in [5.41, 5.74) is 10.3. The zero-order valence-corrected chi connectivity index (χ0v) is 47.6. The molecule has 2 saturated carbocycles. The lowest BCUT2D eigenvalue weighted by Crippen LogP contribution is -2.62. The molecule has 78 heavy (non-hydrogen) atoms. The van der Waals surface area contributed by atoms with Gasteiger partial charge in [-0.3, -0.25) is 44.3 Å². The molecule has 0 radical (unpaired) electrons. The lowest BCUT2D eigenvalue weighted by Gasteiger charge is -2.39. The smallest absolute Gasteiger partial charge is 0.324 e. The lowest BCUT2D eigenvalue weighted by molar-refractivity contribution is -0.156. The second kappa shape index (κ2) is 21.6. The van der Waals surface area contributed by atoms with Crippen LogP contribution < -0.4 is 25.9 Å². The van der Waals surface area contributed by atoms with Gasteiger partial charge in [-0.05, 0) is 120 Å². The van der Waals surface area contributed by atoms with Crippen molar-refractivity contribution >= 4 is 46.0 Å². The molecule has 1 aromatic carbocycles. The molecule has 424 valence electrons. The molecule has 9 aliphatic rings. The summed E-state index contributed by atoms with van der Waals surface area (Å²) < 4.78 is 21.4. The molecule has 2 aliphatic carbocycles. The molecule has 3 aromatic rings. The predicted octanol–water partition coefficient (Wildman–Crippen LogP) is 5.12. The Morgan fingerprint density at radius 1 is 0.923 bits per heavy atom. The number of hydrazine groups is 1. The molecule has 12 rings (SSSR count). The first-order valence-electron chi connectivity index (χ1n) is 30.0. The maximum absolute atomic E-state index is 15.0. The fourth-order valence-corrected chi connectivity index (χ4v) is 14.5. The molecule has 3 N–H and O–H groups in total. The molecule has 1 spiro atoms. The van der Waals surface area contributed by atoms with E-state index in [0.717, 1.165) is 117 Å². The average molecular weight is 1070 g/mol. The second-order valence-electron chi connectivity index (χ2n) is 26.0. The number of anilines is 2. The van der Waals surface area contributed by atoms with E-state index in [1.165, 1.54) is 31.2 Å². The third-order valence-corrected chi connectivity index (χ3v) is 19.3. The van der Waals surface area contributed by atoms with Crippen molar-refractivity contribution in [1.82, 2.24) is 45.3 Å². The molecule has 2 aromatic heterocycles. The van der Waals surface area contributed by atoms with Gasteiger partial charge in [-0.2, -0.15) is 0 Å². The van der Waals surface area contributed by atoms with Gasteiger partial charge in [-0.25, -0.2) is 5.43 Å². The van der Waals surface area contributed by atoms with Crippen LogP contribution in [0.2, 0.25) is 0 Å². The van der Waals surface area contributed by atoms with Gasteiger partial charge in [0.15, 0.2) is 0 Å². The van der Waals surface area contributed by atoms with Gasteiger partial charge >= 0.3 is 5.97 Å². The van der Waals surface area contributed by atoms with E-state index in [1.54, 1.807) is 12.1 Å². The van der Waals surface area contributed by atoms with Crippen LogP contribution in [0.25, 0.3) is 22.2 Å². The summed E-state index contributed by atoms with van der Waals surface area (Å²) in [6.07, 6.45) is 10.3. The fourth-order valence-electron chi connectivity index (χ4n) is 14.5. The molecule has 6 saturated heterocycles. The van der Waals surface area contributed by atoms with Gasteiger partial charge in [0.1, 0.15) is 18.1 Å². The fraction of sp³-hybridized carbons (Fsp3) is 0.717. The van der Waals surface area contributed by atoms with Crippen molar-refractivity contribution in [3.8, 4) is 11.3 Å². The third kappa shape index (κ3) is 10.8. The van der Waals surface area contributed by atoms with E-state index in [9.17, 15) is 14.4 Å². The standard InChI is InChI=1S/C60H87N11O7/c1-8-70-49-16-15-41-28-44(49)46(54(70)45-29-42(32-61-50(45)38(4)76-7)66-24-22-65(23-25-66)40-13-14-40)31-59(5,6)36-78-58(75)47-10-9-19-71(64-47)56(73)48(30-43-33-67(41)26-27-77-43)62-55(72)53(37(2)3)68-20-17-60(34-68)18-21-69(35-60)57(74)52-51(63-52)39-11-12-39/h15-16,28-29,32,37-40,43,47-48,51-53,63-64H,8-14,17-27,30-31,33-36H2,1-7H3,(H,62,72)/t38-,43-,47-,48-,51+,52+,53-,60-/m0/s1. The lowest BCUT2D eigenvalue weighted by atomic mass is 9.84. The van der Waals surface area contributed by atoms with Crippen LogP contribution in [-0.2, 0) is 46.4 Å². The van der Waals surface area contributed by atoms with Gasteiger partial charge in [0.2, 0.25) is 11.8 Å². The number of methoxy groups -OCH3 is 1. The molecular formula is C60H87N11O7. The summed E-state index contributed by atoms with van der Waals surface area (Å²) in [7, 11) is 1.75. The number of aromatic nitrogens is 2. The highest BCUT2D eigenvalue weighted by molar-refractivity contribution is 5.95. The van der Waals surface area contributed by atoms with Gasteiger partial charge in [0, 0.05) is 131 Å². The molecule has 3 amide bonds. The van der Waals surface area contributed by atoms with Crippen molar-refractivity contribution in [1.29, 1.82) is 0 Å². The van der Waals surface area contributed by atoms with Crippen molar-refractivity contribution in [3.63, 3.8) is 0 Å². The van der Waals surface area contributed by atoms with Crippen LogP contribution in [-0.4, -0.2) is 188 Å². The average Bonchev–Trinajstić information content (AvgIpc) is 4.49. The zero-order chi connectivity index (χ0) is 54.2. The number of likely N-dealkylation sites (tertiary alicyclic amines) is 2. The van der Waals surface area contributed by atoms with Gasteiger partial charge in [-0.1, -0.05) is 27.7 Å². The highest BCUT2D eigenvalue weighted by Crippen LogP contribution is 2.46. The Balaban J connectivity index is 0.844. The Morgan fingerprint density at radius 3 is 2.46 bits per heavy atom. The van der Waals surface area contributed by atoms with Crippen molar-refractivity contribution in [3.05, 3.63) is 41.7 Å². The van der Waals surface area contributed by atoms with Crippen LogP contribution in [0.3, 0.4) is 0 Å². The van der Waals surface area contributed by atoms with E-state index in [2.05, 4.69) is 111 Å². The Hall–Kier alpha value is -4.85. The van der Waals surface area contributed by atoms with Crippen molar-refractivity contribution in [2.24, 2.45) is 22.7 Å². The first-order valence-corrected chi connectivity index (χ1v) is 30.0. The van der Waals surface area contributed by atoms with Crippen molar-refractivity contribution < 1.29 is 33.4 Å². The number of amides is 3. The van der Waals surface area contributed by atoms with Gasteiger partial charge in [0.25, 0.3) is 5.91 Å². The number of morpholine rings is 1. The van der Waals surface area contributed by atoms with Crippen molar-refractivity contribution in [2.45, 2.75) is 161 Å². The van der Waals surface area contributed by atoms with Crippen LogP contribution in [0.15, 0.2) is 30.5 Å². The second-order valence-corrected chi connectivity index (χ2v) is 26.0. The summed E-state index contributed by atoms with van der Waals surface area (Å²) in [6, 6.07) is 8.08. The number of rotatable bonds is 12. The van der Waals surface area contributed by atoms with E-state index in [-0.39, 0.29) is 60.3 Å². The van der Waals surface area contributed by atoms with Crippen LogP contribution in [0.5, 0.6) is 0 Å². The third-order valence-electron chi connectivity index (χ3n) is 19.3. The number of hydrogen-bond acceptors (Lipinski definition) is 14. The number of pyridine rings is 1. The highest BCUT2D eigenvalue weighted by atomic mass is 16.5. The van der Waals surface area contributed by atoms with Crippen molar-refractivity contribution in [2.75, 3.05) is 102 Å². The molecular weight excluding hydrogens is 987 g/mol. The number of cyclic esters (lactones) is 1. The molecule has 18 heteroatoms. The Bertz CT molecular complexity index is 2750. The SMILES string of the molecule is CCn1c(-c2cc(N3CCN(C4CC4)CC3)cnc2[C@H](C)OC)c2c3cc(ccc31)N1CCO[C@@H](C[C@H](NC(=O)[C@H](C(C)C)N3CC[C@]4(CCN(C(=O)[C@@H]5N[C@@H]5C5CC5)C4)C3)C(=O)N3CCC[C@H](N3)C(=O)OCC(C)(C)C2)C1. The van der Waals surface area contributed by atoms with E-state index in [0.29, 0.717) is 57.5 Å². The Labute approximate surface area is 461 Å². The minimum atomic E-state index is -0.921. The number of esters is 1.